The molecule has 0 aliphatic rings. The minimum Gasteiger partial charge on any atom is -0.457 e. The van der Waals surface area contributed by atoms with E-state index in [-0.39, 0.29) is 0 Å². The van der Waals surface area contributed by atoms with E-state index < -0.39 is 0 Å². The van der Waals surface area contributed by atoms with Crippen LogP contribution in [-0.4, -0.2) is 0 Å². The van der Waals surface area contributed by atoms with Gasteiger partial charge in [0.05, 0.1) is 12.1 Å². The number of aryl methyl sites for hydroxylation is 2. The Kier molecular flexibility index (Phi) is 3.14. The van der Waals surface area contributed by atoms with Crippen LogP contribution in [0, 0.1) is 20.4 Å². The van der Waals surface area contributed by atoms with Crippen LogP contribution in [0.2, 0.25) is 0 Å². The van der Waals surface area contributed by atoms with Crippen LogP contribution in [0.1, 0.15) is 11.1 Å². The summed E-state index contributed by atoms with van der Waals surface area (Å²) in [7, 11) is 2.05. The monoisotopic (exact) mass is 313 g/mol. The quantitative estimate of drug-likeness (QED) is 0.347. The maximum absolute atomic E-state index is 7.47. The maximum atomic E-state index is 7.47. The Bertz CT molecular complexity index is 1150. The standard InChI is InChI=1S/C21H17N2O/c1-13-14(2)21-16(12-15(13)18-9-5-6-11-23(18)4)20-17(22-3)8-7-10-19(20)24-21/h5-12H,1-2,4H3/q+1. The molecular weight excluding hydrogens is 296 g/mol. The molecule has 0 aliphatic heterocycles. The third-order valence-corrected chi connectivity index (χ3v) is 4.78. The van der Waals surface area contributed by atoms with Crippen molar-refractivity contribution < 1.29 is 8.98 Å². The lowest BCUT2D eigenvalue weighted by Gasteiger charge is -2.08. The first-order valence-electron chi connectivity index (χ1n) is 7.89. The Morgan fingerprint density at radius 2 is 1.88 bits per heavy atom. The second-order valence-electron chi connectivity index (χ2n) is 6.11. The molecule has 0 radical (unpaired) electrons. The lowest BCUT2D eigenvalue weighted by molar-refractivity contribution is -0.660. The average Bonchev–Trinajstić information content (AvgIpc) is 2.97. The molecule has 24 heavy (non-hydrogen) atoms. The Hall–Kier alpha value is -3.12. The molecule has 4 aromatic rings. The lowest BCUT2D eigenvalue weighted by Crippen LogP contribution is -2.30. The number of benzene rings is 2. The minimum absolute atomic E-state index is 0.637. The molecule has 4 rings (SSSR count). The van der Waals surface area contributed by atoms with Gasteiger partial charge in [0.15, 0.2) is 11.9 Å². The molecule has 0 N–H and O–H groups in total. The van der Waals surface area contributed by atoms with Gasteiger partial charge in [-0.2, -0.15) is 0 Å². The summed E-state index contributed by atoms with van der Waals surface area (Å²) in [6, 6.07) is 14.0. The van der Waals surface area contributed by atoms with Crippen molar-refractivity contribution >= 4 is 27.6 Å². The number of furan rings is 1. The minimum atomic E-state index is 0.637. The van der Waals surface area contributed by atoms with Gasteiger partial charge in [-0.25, -0.2) is 9.41 Å². The van der Waals surface area contributed by atoms with E-state index in [1.54, 1.807) is 0 Å². The highest BCUT2D eigenvalue weighted by atomic mass is 16.3. The van der Waals surface area contributed by atoms with Gasteiger partial charge in [0.25, 0.3) is 0 Å². The Morgan fingerprint density at radius 1 is 1.04 bits per heavy atom. The number of fused-ring (bicyclic) bond motifs is 3. The number of aromatic nitrogens is 1. The van der Waals surface area contributed by atoms with Gasteiger partial charge in [-0.15, -0.1) is 0 Å². The van der Waals surface area contributed by atoms with Crippen LogP contribution < -0.4 is 4.57 Å². The molecule has 0 fully saturated rings. The van der Waals surface area contributed by atoms with Crippen molar-refractivity contribution in [3.8, 4) is 11.3 Å². The fourth-order valence-electron chi connectivity index (χ4n) is 3.36. The Labute approximate surface area is 140 Å². The van der Waals surface area contributed by atoms with E-state index in [0.717, 1.165) is 33.2 Å². The van der Waals surface area contributed by atoms with Gasteiger partial charge in [-0.1, -0.05) is 12.1 Å². The number of rotatable bonds is 1. The second-order valence-corrected chi connectivity index (χ2v) is 6.11. The molecule has 0 unspecified atom stereocenters. The van der Waals surface area contributed by atoms with Gasteiger partial charge >= 0.3 is 0 Å². The van der Waals surface area contributed by atoms with E-state index >= 15 is 0 Å². The van der Waals surface area contributed by atoms with E-state index in [9.17, 15) is 0 Å². The van der Waals surface area contributed by atoms with Crippen LogP contribution in [-0.2, 0) is 7.05 Å². The zero-order valence-corrected chi connectivity index (χ0v) is 13.9. The van der Waals surface area contributed by atoms with Crippen LogP contribution in [0.25, 0.3) is 38.0 Å². The molecule has 0 aliphatic carbocycles. The Morgan fingerprint density at radius 3 is 2.62 bits per heavy atom. The topological polar surface area (TPSA) is 21.4 Å². The van der Waals surface area contributed by atoms with Crippen LogP contribution in [0.4, 0.5) is 5.69 Å². The van der Waals surface area contributed by atoms with E-state index in [0.29, 0.717) is 5.69 Å². The first-order valence-corrected chi connectivity index (χ1v) is 7.89. The molecule has 3 heteroatoms. The summed E-state index contributed by atoms with van der Waals surface area (Å²) >= 11 is 0. The molecule has 0 saturated heterocycles. The van der Waals surface area contributed by atoms with Crippen molar-refractivity contribution in [1.82, 2.24) is 0 Å². The van der Waals surface area contributed by atoms with E-state index in [4.69, 9.17) is 11.0 Å². The van der Waals surface area contributed by atoms with Crippen molar-refractivity contribution in [2.24, 2.45) is 7.05 Å². The van der Waals surface area contributed by atoms with Crippen molar-refractivity contribution in [2.45, 2.75) is 13.8 Å². The molecule has 0 spiro atoms. The smallest absolute Gasteiger partial charge is 0.212 e. The molecule has 116 valence electrons. The summed E-state index contributed by atoms with van der Waals surface area (Å²) < 4.78 is 8.19. The molecule has 0 saturated carbocycles. The average molecular weight is 313 g/mol. The third kappa shape index (κ3) is 1.93. The first kappa shape index (κ1) is 14.5. The van der Waals surface area contributed by atoms with Gasteiger partial charge in [0, 0.05) is 22.9 Å². The third-order valence-electron chi connectivity index (χ3n) is 4.78. The summed E-state index contributed by atoms with van der Waals surface area (Å²) in [4.78, 5) is 3.68. The van der Waals surface area contributed by atoms with E-state index in [1.165, 1.54) is 11.1 Å². The zero-order valence-electron chi connectivity index (χ0n) is 13.9. The van der Waals surface area contributed by atoms with Crippen LogP contribution >= 0.6 is 0 Å². The van der Waals surface area contributed by atoms with Gasteiger partial charge in [0.1, 0.15) is 18.2 Å². The van der Waals surface area contributed by atoms with Crippen LogP contribution in [0.15, 0.2) is 53.1 Å². The number of hydrogen-bond acceptors (Lipinski definition) is 1. The number of hydrogen-bond donors (Lipinski definition) is 0. The van der Waals surface area contributed by atoms with Gasteiger partial charge in [-0.05, 0) is 43.2 Å². The summed E-state index contributed by atoms with van der Waals surface area (Å²) in [5.41, 5.74) is 6.93. The fourth-order valence-corrected chi connectivity index (χ4v) is 3.36. The van der Waals surface area contributed by atoms with Gasteiger partial charge < -0.3 is 4.42 Å². The maximum Gasteiger partial charge on any atom is 0.212 e. The van der Waals surface area contributed by atoms with Crippen LogP contribution in [0.3, 0.4) is 0 Å². The van der Waals surface area contributed by atoms with Crippen molar-refractivity contribution in [3.05, 3.63) is 71.2 Å². The normalized spacial score (nSPS) is 11.1. The molecule has 2 aromatic heterocycles. The SMILES string of the molecule is [C-]#[N+]c1cccc2oc3c(C)c(C)c(-c4cccc[n+]4C)cc3c12. The summed E-state index contributed by atoms with van der Waals surface area (Å²) in [6.45, 7) is 11.7. The molecule has 0 bridgehead atoms. The van der Waals surface area contributed by atoms with Crippen molar-refractivity contribution in [3.63, 3.8) is 0 Å². The highest BCUT2D eigenvalue weighted by Crippen LogP contribution is 2.40. The highest BCUT2D eigenvalue weighted by Gasteiger charge is 2.20. The number of nitrogens with zero attached hydrogens (tertiary/aromatic N) is 2. The second kappa shape index (κ2) is 5.21. The van der Waals surface area contributed by atoms with Gasteiger partial charge in [-0.3, -0.25) is 0 Å². The molecule has 2 heterocycles. The van der Waals surface area contributed by atoms with Crippen LogP contribution in [0.5, 0.6) is 0 Å². The molecule has 3 nitrogen and oxygen atoms in total. The highest BCUT2D eigenvalue weighted by molar-refractivity contribution is 6.13. The molecule has 0 amide bonds. The Balaban J connectivity index is 2.18. The van der Waals surface area contributed by atoms with E-state index in [2.05, 4.69) is 35.4 Å². The van der Waals surface area contributed by atoms with E-state index in [1.807, 2.05) is 43.6 Å². The molecule has 2 aromatic carbocycles. The largest absolute Gasteiger partial charge is 0.457 e. The number of pyridine rings is 1. The lowest BCUT2D eigenvalue weighted by atomic mass is 9.96. The molecular formula is C21H17N2O+. The summed E-state index contributed by atoms with van der Waals surface area (Å²) in [5, 5.41) is 1.92. The van der Waals surface area contributed by atoms with Gasteiger partial charge in [0.2, 0.25) is 5.69 Å². The summed E-state index contributed by atoms with van der Waals surface area (Å²) in [6.07, 6.45) is 2.05. The molecule has 0 atom stereocenters. The predicted octanol–water partition coefficient (Wildman–Crippen LogP) is 5.25. The van der Waals surface area contributed by atoms with Crippen molar-refractivity contribution in [2.75, 3.05) is 0 Å². The summed E-state index contributed by atoms with van der Waals surface area (Å²) in [5.74, 6) is 0. The zero-order chi connectivity index (χ0) is 16.8. The predicted molar refractivity (Wildman–Crippen MR) is 96.1 cm³/mol. The van der Waals surface area contributed by atoms with Crippen molar-refractivity contribution in [1.29, 1.82) is 0 Å². The first-order chi connectivity index (χ1) is 11.6. The fraction of sp³-hybridized carbons (Fsp3) is 0.143.